The summed E-state index contributed by atoms with van der Waals surface area (Å²) in [6.07, 6.45) is 2.47. The molecule has 0 saturated heterocycles. The Hall–Kier alpha value is -1.27. The molecule has 2 rings (SSSR count). The number of rotatable bonds is 5. The van der Waals surface area contributed by atoms with E-state index in [0.29, 0.717) is 11.6 Å². The smallest absolute Gasteiger partial charge is 0.238 e. The largest absolute Gasteiger partial charge is 0.397 e. The van der Waals surface area contributed by atoms with E-state index in [1.807, 2.05) is 0 Å². The molecule has 0 amide bonds. The SMILES string of the molecule is CC(C)N(CC1CC1)c1cc(S(N)(=O)=O)ccc1N. The van der Waals surface area contributed by atoms with Crippen molar-refractivity contribution >= 4 is 21.4 Å². The third kappa shape index (κ3) is 3.39. The summed E-state index contributed by atoms with van der Waals surface area (Å²) >= 11 is 0. The number of nitrogens with zero attached hydrogens (tertiary/aromatic N) is 1. The van der Waals surface area contributed by atoms with E-state index in [1.54, 1.807) is 12.1 Å². The van der Waals surface area contributed by atoms with Gasteiger partial charge in [-0.25, -0.2) is 13.6 Å². The van der Waals surface area contributed by atoms with Crippen LogP contribution in [0.4, 0.5) is 11.4 Å². The summed E-state index contributed by atoms with van der Waals surface area (Å²) in [5.41, 5.74) is 7.33. The molecule has 5 nitrogen and oxygen atoms in total. The lowest BCUT2D eigenvalue weighted by molar-refractivity contribution is 0.597. The van der Waals surface area contributed by atoms with Gasteiger partial charge in [-0.2, -0.15) is 0 Å². The van der Waals surface area contributed by atoms with Crippen molar-refractivity contribution in [3.8, 4) is 0 Å². The highest BCUT2D eigenvalue weighted by molar-refractivity contribution is 7.89. The molecule has 1 aromatic rings. The molecule has 0 heterocycles. The Morgan fingerprint density at radius 2 is 2.00 bits per heavy atom. The number of sulfonamides is 1. The normalized spacial score (nSPS) is 15.8. The maximum absolute atomic E-state index is 11.4. The first kappa shape index (κ1) is 14.1. The Kier molecular flexibility index (Phi) is 3.73. The van der Waals surface area contributed by atoms with Crippen molar-refractivity contribution in [3.05, 3.63) is 18.2 Å². The highest BCUT2D eigenvalue weighted by atomic mass is 32.2. The third-order valence-electron chi connectivity index (χ3n) is 3.42. The summed E-state index contributed by atoms with van der Waals surface area (Å²) in [4.78, 5) is 2.26. The van der Waals surface area contributed by atoms with Crippen molar-refractivity contribution < 1.29 is 8.42 Å². The van der Waals surface area contributed by atoms with Gasteiger partial charge in [-0.3, -0.25) is 0 Å². The fraction of sp³-hybridized carbons (Fsp3) is 0.538. The van der Waals surface area contributed by atoms with Crippen LogP contribution in [0.25, 0.3) is 0 Å². The molecule has 6 heteroatoms. The van der Waals surface area contributed by atoms with Gasteiger partial charge in [0, 0.05) is 12.6 Å². The highest BCUT2D eigenvalue weighted by Gasteiger charge is 2.27. The summed E-state index contributed by atoms with van der Waals surface area (Å²) in [5, 5.41) is 5.18. The maximum atomic E-state index is 11.4. The van der Waals surface area contributed by atoms with E-state index < -0.39 is 10.0 Å². The zero-order valence-corrected chi connectivity index (χ0v) is 12.2. The van der Waals surface area contributed by atoms with Crippen molar-refractivity contribution in [2.45, 2.75) is 37.6 Å². The molecule has 0 unspecified atom stereocenters. The molecule has 1 saturated carbocycles. The fourth-order valence-corrected chi connectivity index (χ4v) is 2.65. The minimum Gasteiger partial charge on any atom is -0.397 e. The van der Waals surface area contributed by atoms with E-state index in [1.165, 1.54) is 18.9 Å². The van der Waals surface area contributed by atoms with E-state index in [2.05, 4.69) is 18.7 Å². The molecule has 1 fully saturated rings. The quantitative estimate of drug-likeness (QED) is 0.802. The van der Waals surface area contributed by atoms with Crippen molar-refractivity contribution in [2.24, 2.45) is 11.1 Å². The van der Waals surface area contributed by atoms with E-state index in [0.717, 1.165) is 12.2 Å². The molecule has 0 aromatic heterocycles. The highest BCUT2D eigenvalue weighted by Crippen LogP contribution is 2.35. The second-order valence-corrected chi connectivity index (χ2v) is 7.02. The standard InChI is InChI=1S/C13H21N3O2S/c1-9(2)16(8-10-3-4-10)13-7-11(19(15,17)18)5-6-12(13)14/h5-7,9-10H,3-4,8,14H2,1-2H3,(H2,15,17,18). The van der Waals surface area contributed by atoms with Gasteiger partial charge in [0.1, 0.15) is 0 Å². The Morgan fingerprint density at radius 3 is 2.47 bits per heavy atom. The zero-order chi connectivity index (χ0) is 14.2. The number of anilines is 2. The van der Waals surface area contributed by atoms with E-state index in [-0.39, 0.29) is 10.9 Å². The molecule has 0 bridgehead atoms. The van der Waals surface area contributed by atoms with Gasteiger partial charge in [-0.15, -0.1) is 0 Å². The lowest BCUT2D eigenvalue weighted by Crippen LogP contribution is -2.33. The first-order chi connectivity index (χ1) is 8.79. The van der Waals surface area contributed by atoms with Crippen LogP contribution >= 0.6 is 0 Å². The summed E-state index contributed by atoms with van der Waals surface area (Å²) in [6.45, 7) is 5.06. The number of nitrogens with two attached hydrogens (primary N) is 2. The van der Waals surface area contributed by atoms with Gasteiger partial charge in [0.25, 0.3) is 0 Å². The average Bonchev–Trinajstić information content (AvgIpc) is 3.09. The second kappa shape index (κ2) is 5.02. The van der Waals surface area contributed by atoms with E-state index >= 15 is 0 Å². The topological polar surface area (TPSA) is 89.4 Å². The maximum Gasteiger partial charge on any atom is 0.238 e. The summed E-state index contributed by atoms with van der Waals surface area (Å²) in [7, 11) is -3.70. The van der Waals surface area contributed by atoms with Crippen LogP contribution in [0.15, 0.2) is 23.1 Å². The van der Waals surface area contributed by atoms with Gasteiger partial charge < -0.3 is 10.6 Å². The first-order valence-corrected chi connectivity index (χ1v) is 8.02. The predicted molar refractivity (Wildman–Crippen MR) is 77.4 cm³/mol. The molecule has 1 aliphatic carbocycles. The number of nitrogen functional groups attached to an aromatic ring is 1. The third-order valence-corrected chi connectivity index (χ3v) is 4.33. The molecule has 1 aliphatic rings. The van der Waals surface area contributed by atoms with Crippen LogP contribution in [0.3, 0.4) is 0 Å². The molecule has 0 spiro atoms. The molecule has 19 heavy (non-hydrogen) atoms. The molecule has 0 aliphatic heterocycles. The second-order valence-electron chi connectivity index (χ2n) is 5.46. The first-order valence-electron chi connectivity index (χ1n) is 6.48. The molecular formula is C13H21N3O2S. The van der Waals surface area contributed by atoms with Crippen LogP contribution in [0.1, 0.15) is 26.7 Å². The Labute approximate surface area is 114 Å². The van der Waals surface area contributed by atoms with Crippen LogP contribution in [-0.2, 0) is 10.0 Å². The molecular weight excluding hydrogens is 262 g/mol. The van der Waals surface area contributed by atoms with Crippen molar-refractivity contribution in [1.29, 1.82) is 0 Å². The molecule has 4 N–H and O–H groups in total. The summed E-state index contributed by atoms with van der Waals surface area (Å²) < 4.78 is 22.9. The minimum absolute atomic E-state index is 0.109. The monoisotopic (exact) mass is 283 g/mol. The fourth-order valence-electron chi connectivity index (χ4n) is 2.12. The summed E-state index contributed by atoms with van der Waals surface area (Å²) in [5.74, 6) is 0.694. The molecule has 0 atom stereocenters. The van der Waals surface area contributed by atoms with Gasteiger partial charge in [0.05, 0.1) is 16.3 Å². The van der Waals surface area contributed by atoms with Gasteiger partial charge in [-0.05, 0) is 50.8 Å². The Morgan fingerprint density at radius 1 is 1.37 bits per heavy atom. The van der Waals surface area contributed by atoms with Gasteiger partial charge >= 0.3 is 0 Å². The number of hydrogen-bond acceptors (Lipinski definition) is 4. The van der Waals surface area contributed by atoms with Gasteiger partial charge in [0.15, 0.2) is 0 Å². The molecule has 1 aromatic carbocycles. The van der Waals surface area contributed by atoms with Gasteiger partial charge in [-0.1, -0.05) is 0 Å². The zero-order valence-electron chi connectivity index (χ0n) is 11.3. The molecule has 0 radical (unpaired) electrons. The Balaban J connectivity index is 2.39. The van der Waals surface area contributed by atoms with Crippen molar-refractivity contribution in [1.82, 2.24) is 0 Å². The van der Waals surface area contributed by atoms with E-state index in [4.69, 9.17) is 10.9 Å². The van der Waals surface area contributed by atoms with Gasteiger partial charge in [0.2, 0.25) is 10.0 Å². The van der Waals surface area contributed by atoms with Crippen molar-refractivity contribution in [2.75, 3.05) is 17.2 Å². The summed E-state index contributed by atoms with van der Waals surface area (Å²) in [6, 6.07) is 4.90. The van der Waals surface area contributed by atoms with Crippen LogP contribution in [0, 0.1) is 5.92 Å². The minimum atomic E-state index is -3.70. The number of primary sulfonamides is 1. The van der Waals surface area contributed by atoms with Crippen LogP contribution in [0.2, 0.25) is 0 Å². The van der Waals surface area contributed by atoms with Crippen LogP contribution < -0.4 is 15.8 Å². The van der Waals surface area contributed by atoms with E-state index in [9.17, 15) is 8.42 Å². The number of hydrogen-bond donors (Lipinski definition) is 2. The number of benzene rings is 1. The van der Waals surface area contributed by atoms with Crippen molar-refractivity contribution in [3.63, 3.8) is 0 Å². The lowest BCUT2D eigenvalue weighted by Gasteiger charge is -2.30. The van der Waals surface area contributed by atoms with Crippen LogP contribution in [0.5, 0.6) is 0 Å². The average molecular weight is 283 g/mol. The molecule has 106 valence electrons. The predicted octanol–water partition coefficient (Wildman–Crippen LogP) is 1.54. The lowest BCUT2D eigenvalue weighted by atomic mass is 10.2. The Bertz CT molecular complexity index is 565. The van der Waals surface area contributed by atoms with Crippen LogP contribution in [-0.4, -0.2) is 21.0 Å².